The van der Waals surface area contributed by atoms with E-state index in [2.05, 4.69) is 18.7 Å². The van der Waals surface area contributed by atoms with Gasteiger partial charge in [-0.05, 0) is 67.1 Å². The summed E-state index contributed by atoms with van der Waals surface area (Å²) in [6.45, 7) is 7.33. The van der Waals surface area contributed by atoms with Crippen LogP contribution in [0.15, 0.2) is 36.4 Å². The minimum absolute atomic E-state index is 0.0756. The average Bonchev–Trinajstić information content (AvgIpc) is 3.14. The fourth-order valence-electron chi connectivity index (χ4n) is 4.21. The van der Waals surface area contributed by atoms with E-state index >= 15 is 0 Å². The molecule has 1 fully saturated rings. The van der Waals surface area contributed by atoms with E-state index in [9.17, 15) is 9.18 Å². The summed E-state index contributed by atoms with van der Waals surface area (Å²) in [6, 6.07) is 10.8. The number of ether oxygens (including phenoxy) is 1. The van der Waals surface area contributed by atoms with E-state index < -0.39 is 0 Å². The number of benzene rings is 2. The van der Waals surface area contributed by atoms with E-state index in [0.717, 1.165) is 50.1 Å². The Morgan fingerprint density at radius 3 is 2.76 bits per heavy atom. The molecule has 2 aliphatic heterocycles. The van der Waals surface area contributed by atoms with Gasteiger partial charge < -0.3 is 14.5 Å². The van der Waals surface area contributed by atoms with Gasteiger partial charge in [0.05, 0.1) is 12.3 Å². The molecule has 0 aromatic heterocycles. The number of carbonyl (C=O) groups excluding carboxylic acids is 1. The maximum atomic E-state index is 14.8. The van der Waals surface area contributed by atoms with Crippen LogP contribution >= 0.6 is 0 Å². The predicted octanol–water partition coefficient (Wildman–Crippen LogP) is 5.05. The molecule has 0 aliphatic carbocycles. The molecular weight excluding hydrogens is 367 g/mol. The van der Waals surface area contributed by atoms with Gasteiger partial charge in [-0.3, -0.25) is 4.79 Å². The van der Waals surface area contributed by atoms with E-state index in [4.69, 9.17) is 4.74 Å². The molecule has 2 aliphatic rings. The van der Waals surface area contributed by atoms with Crippen LogP contribution in [0, 0.1) is 11.7 Å². The second kappa shape index (κ2) is 8.44. The number of carbonyl (C=O) groups is 1. The van der Waals surface area contributed by atoms with Crippen LogP contribution in [0.5, 0.6) is 5.75 Å². The highest BCUT2D eigenvalue weighted by Crippen LogP contribution is 2.32. The average molecular weight is 397 g/mol. The van der Waals surface area contributed by atoms with Gasteiger partial charge in [-0.25, -0.2) is 4.39 Å². The second-order valence-corrected chi connectivity index (χ2v) is 8.20. The Morgan fingerprint density at radius 1 is 1.17 bits per heavy atom. The highest BCUT2D eigenvalue weighted by molar-refractivity contribution is 6.08. The Kier molecular flexibility index (Phi) is 5.74. The summed E-state index contributed by atoms with van der Waals surface area (Å²) < 4.78 is 20.6. The summed E-state index contributed by atoms with van der Waals surface area (Å²) in [7, 11) is 0. The monoisotopic (exact) mass is 396 g/mol. The van der Waals surface area contributed by atoms with Crippen molar-refractivity contribution >= 4 is 17.3 Å². The molecule has 1 unspecified atom stereocenters. The molecule has 0 spiro atoms. The largest absolute Gasteiger partial charge is 0.494 e. The van der Waals surface area contributed by atoms with Gasteiger partial charge in [0.25, 0.3) is 5.91 Å². The second-order valence-electron chi connectivity index (χ2n) is 8.20. The third-order valence-electron chi connectivity index (χ3n) is 5.93. The lowest BCUT2D eigenvalue weighted by Gasteiger charge is -2.29. The van der Waals surface area contributed by atoms with Gasteiger partial charge >= 0.3 is 0 Å². The molecule has 0 saturated carbocycles. The standard InChI is InChI=1S/C24H29FN2O2/c1-3-4-13-29-20-6-7-21-18(14-20)10-12-27(24(21)28)19-5-8-23(22(25)15-19)26-11-9-17(2)16-26/h5-8,14-15,17H,3-4,9-13,16H2,1-2H3. The van der Waals surface area contributed by atoms with E-state index in [-0.39, 0.29) is 11.7 Å². The van der Waals surface area contributed by atoms with Crippen molar-refractivity contribution in [1.29, 1.82) is 0 Å². The zero-order valence-corrected chi connectivity index (χ0v) is 17.3. The Hall–Kier alpha value is -2.56. The lowest BCUT2D eigenvalue weighted by Crippen LogP contribution is -2.37. The van der Waals surface area contributed by atoms with Crippen LogP contribution in [0.3, 0.4) is 0 Å². The van der Waals surface area contributed by atoms with Gasteiger partial charge in [0.15, 0.2) is 0 Å². The van der Waals surface area contributed by atoms with Crippen molar-refractivity contribution in [3.05, 3.63) is 53.3 Å². The summed E-state index contributed by atoms with van der Waals surface area (Å²) in [5.41, 5.74) is 2.94. The third-order valence-corrected chi connectivity index (χ3v) is 5.93. The molecule has 1 atom stereocenters. The summed E-state index contributed by atoms with van der Waals surface area (Å²) in [4.78, 5) is 16.8. The van der Waals surface area contributed by atoms with Gasteiger partial charge in [0, 0.05) is 30.9 Å². The van der Waals surface area contributed by atoms with Crippen LogP contribution in [0.1, 0.15) is 49.0 Å². The van der Waals surface area contributed by atoms with Crippen LogP contribution in [0.2, 0.25) is 0 Å². The molecule has 4 nitrogen and oxygen atoms in total. The number of anilines is 2. The van der Waals surface area contributed by atoms with Crippen LogP contribution in [0.4, 0.5) is 15.8 Å². The van der Waals surface area contributed by atoms with Gasteiger partial charge in [0.1, 0.15) is 11.6 Å². The van der Waals surface area contributed by atoms with Crippen molar-refractivity contribution in [3.63, 3.8) is 0 Å². The van der Waals surface area contributed by atoms with E-state index in [1.807, 2.05) is 30.3 Å². The summed E-state index contributed by atoms with van der Waals surface area (Å²) in [5, 5.41) is 0. The first-order valence-corrected chi connectivity index (χ1v) is 10.7. The van der Waals surface area contributed by atoms with Crippen molar-refractivity contribution in [1.82, 2.24) is 0 Å². The van der Waals surface area contributed by atoms with Crippen LogP contribution in [0.25, 0.3) is 0 Å². The van der Waals surface area contributed by atoms with Crippen molar-refractivity contribution in [3.8, 4) is 5.75 Å². The summed E-state index contributed by atoms with van der Waals surface area (Å²) >= 11 is 0. The molecule has 5 heteroatoms. The highest BCUT2D eigenvalue weighted by atomic mass is 19.1. The summed E-state index contributed by atoms with van der Waals surface area (Å²) in [6.07, 6.45) is 3.93. The highest BCUT2D eigenvalue weighted by Gasteiger charge is 2.27. The predicted molar refractivity (Wildman–Crippen MR) is 115 cm³/mol. The number of amides is 1. The smallest absolute Gasteiger partial charge is 0.258 e. The number of unbranched alkanes of at least 4 members (excludes halogenated alkanes) is 1. The van der Waals surface area contributed by atoms with Crippen molar-refractivity contribution in [2.75, 3.05) is 36.0 Å². The molecule has 29 heavy (non-hydrogen) atoms. The molecular formula is C24H29FN2O2. The van der Waals surface area contributed by atoms with Gasteiger partial charge in [-0.1, -0.05) is 20.3 Å². The van der Waals surface area contributed by atoms with Gasteiger partial charge in [-0.15, -0.1) is 0 Å². The van der Waals surface area contributed by atoms with Crippen LogP contribution in [-0.4, -0.2) is 32.1 Å². The quantitative estimate of drug-likeness (QED) is 0.640. The van der Waals surface area contributed by atoms with E-state index in [1.54, 1.807) is 4.90 Å². The molecule has 1 saturated heterocycles. The number of hydrogen-bond donors (Lipinski definition) is 0. The Labute approximate surface area is 172 Å². The number of nitrogens with zero attached hydrogens (tertiary/aromatic N) is 2. The molecule has 2 heterocycles. The summed E-state index contributed by atoms with van der Waals surface area (Å²) in [5.74, 6) is 1.07. The zero-order chi connectivity index (χ0) is 20.4. The normalized spacial score (nSPS) is 18.9. The molecule has 0 bridgehead atoms. The molecule has 2 aromatic rings. The minimum atomic E-state index is -0.255. The number of hydrogen-bond acceptors (Lipinski definition) is 3. The van der Waals surface area contributed by atoms with Gasteiger partial charge in [-0.2, -0.15) is 0 Å². The molecule has 2 aromatic carbocycles. The topological polar surface area (TPSA) is 32.8 Å². The molecule has 0 radical (unpaired) electrons. The Balaban J connectivity index is 1.51. The minimum Gasteiger partial charge on any atom is -0.494 e. The SMILES string of the molecule is CCCCOc1ccc2c(c1)CCN(c1ccc(N3CCC(C)C3)c(F)c1)C2=O. The van der Waals surface area contributed by atoms with E-state index in [0.29, 0.717) is 36.0 Å². The first-order chi connectivity index (χ1) is 14.1. The maximum Gasteiger partial charge on any atom is 0.258 e. The fourth-order valence-corrected chi connectivity index (χ4v) is 4.21. The third kappa shape index (κ3) is 4.09. The number of rotatable bonds is 6. The van der Waals surface area contributed by atoms with Crippen LogP contribution in [-0.2, 0) is 6.42 Å². The first kappa shape index (κ1) is 19.7. The Bertz CT molecular complexity index is 898. The van der Waals surface area contributed by atoms with Crippen molar-refractivity contribution in [2.24, 2.45) is 5.92 Å². The number of fused-ring (bicyclic) bond motifs is 1. The lowest BCUT2D eigenvalue weighted by atomic mass is 9.98. The van der Waals surface area contributed by atoms with E-state index in [1.165, 1.54) is 6.07 Å². The fraction of sp³-hybridized carbons (Fsp3) is 0.458. The number of halogens is 1. The van der Waals surface area contributed by atoms with Crippen molar-refractivity contribution < 1.29 is 13.9 Å². The molecule has 154 valence electrons. The first-order valence-electron chi connectivity index (χ1n) is 10.7. The molecule has 4 rings (SSSR count). The van der Waals surface area contributed by atoms with Gasteiger partial charge in [0.2, 0.25) is 0 Å². The van der Waals surface area contributed by atoms with Crippen LogP contribution < -0.4 is 14.5 Å². The maximum absolute atomic E-state index is 14.8. The zero-order valence-electron chi connectivity index (χ0n) is 17.3. The molecule has 1 amide bonds. The molecule has 0 N–H and O–H groups in total. The van der Waals surface area contributed by atoms with Crippen molar-refractivity contribution in [2.45, 2.75) is 39.5 Å². The lowest BCUT2D eigenvalue weighted by molar-refractivity contribution is 0.0980. The Morgan fingerprint density at radius 2 is 2.03 bits per heavy atom.